The Morgan fingerprint density at radius 1 is 1.06 bits per heavy atom. The van der Waals surface area contributed by atoms with Crippen LogP contribution in [0, 0.1) is 0 Å². The largest absolute Gasteiger partial charge is 0.485 e. The Morgan fingerprint density at radius 3 is 2.61 bits per heavy atom. The molecule has 6 rings (SSSR count). The molecule has 190 valence electrons. The number of benzene rings is 1. The number of nitrogens with one attached hydrogen (secondary N) is 2. The van der Waals surface area contributed by atoms with Gasteiger partial charge >= 0.3 is 0 Å². The molecule has 1 amide bonds. The van der Waals surface area contributed by atoms with Crippen LogP contribution >= 0.6 is 0 Å². The number of aromatic amines is 1. The second-order valence-corrected chi connectivity index (χ2v) is 9.00. The van der Waals surface area contributed by atoms with Crippen molar-refractivity contribution < 1.29 is 23.7 Å². The zero-order chi connectivity index (χ0) is 24.5. The molecule has 0 bridgehead atoms. The summed E-state index contributed by atoms with van der Waals surface area (Å²) in [6, 6.07) is 4.08. The van der Waals surface area contributed by atoms with Crippen molar-refractivity contribution in [1.29, 1.82) is 0 Å². The van der Waals surface area contributed by atoms with Crippen molar-refractivity contribution >= 4 is 28.6 Å². The number of likely N-dealkylation sites (tertiary alicyclic amines) is 1. The van der Waals surface area contributed by atoms with E-state index in [4.69, 9.17) is 18.9 Å². The van der Waals surface area contributed by atoms with Gasteiger partial charge in [0.25, 0.3) is 5.91 Å². The first-order valence-corrected chi connectivity index (χ1v) is 12.3. The molecule has 3 aromatic rings. The number of H-pyrrole nitrogens is 1. The number of piperidine rings is 1. The Labute approximate surface area is 207 Å². The summed E-state index contributed by atoms with van der Waals surface area (Å²) in [6.45, 7) is 5.70. The SMILES string of the molecule is COc1nc(Nc2ccc(C(=O)N3CCC(N4CCOCC4)CC3)c3c2OCCO3)nc2[nH]ncc12. The van der Waals surface area contributed by atoms with E-state index in [0.717, 1.165) is 39.1 Å². The van der Waals surface area contributed by atoms with Gasteiger partial charge in [-0.15, -0.1) is 0 Å². The smallest absolute Gasteiger partial charge is 0.257 e. The van der Waals surface area contributed by atoms with Crippen LogP contribution in [0.1, 0.15) is 23.2 Å². The van der Waals surface area contributed by atoms with Crippen LogP contribution in [-0.2, 0) is 4.74 Å². The van der Waals surface area contributed by atoms with E-state index >= 15 is 0 Å². The minimum atomic E-state index is -0.0412. The summed E-state index contributed by atoms with van der Waals surface area (Å²) in [5.74, 6) is 1.59. The summed E-state index contributed by atoms with van der Waals surface area (Å²) >= 11 is 0. The lowest BCUT2D eigenvalue weighted by atomic mass is 10.0. The van der Waals surface area contributed by atoms with E-state index in [1.807, 2.05) is 4.90 Å². The Bertz CT molecular complexity index is 1250. The molecule has 3 aliphatic heterocycles. The number of morpholine rings is 1. The van der Waals surface area contributed by atoms with Crippen LogP contribution in [0.3, 0.4) is 0 Å². The molecule has 0 saturated carbocycles. The van der Waals surface area contributed by atoms with Gasteiger partial charge < -0.3 is 29.2 Å². The predicted molar refractivity (Wildman–Crippen MR) is 130 cm³/mol. The zero-order valence-corrected chi connectivity index (χ0v) is 20.2. The average Bonchev–Trinajstić information content (AvgIpc) is 3.42. The van der Waals surface area contributed by atoms with Gasteiger partial charge in [0, 0.05) is 32.2 Å². The number of methoxy groups -OCH3 is 1. The maximum atomic E-state index is 13.5. The number of anilines is 2. The molecule has 2 saturated heterocycles. The van der Waals surface area contributed by atoms with Gasteiger partial charge in [0.05, 0.1) is 37.8 Å². The van der Waals surface area contributed by atoms with Crippen molar-refractivity contribution in [2.24, 2.45) is 0 Å². The summed E-state index contributed by atoms with van der Waals surface area (Å²) in [5.41, 5.74) is 1.65. The summed E-state index contributed by atoms with van der Waals surface area (Å²) in [7, 11) is 1.54. The highest BCUT2D eigenvalue weighted by atomic mass is 16.6. The number of rotatable bonds is 5. The molecule has 0 spiro atoms. The Hall–Kier alpha value is -3.64. The second-order valence-electron chi connectivity index (χ2n) is 9.00. The quantitative estimate of drug-likeness (QED) is 0.541. The Kier molecular flexibility index (Phi) is 6.20. The molecule has 12 heteroatoms. The molecule has 0 unspecified atom stereocenters. The number of carbonyl (C=O) groups is 1. The topological polar surface area (TPSA) is 127 Å². The van der Waals surface area contributed by atoms with E-state index in [9.17, 15) is 4.79 Å². The van der Waals surface area contributed by atoms with Crippen LogP contribution < -0.4 is 19.5 Å². The van der Waals surface area contributed by atoms with Crippen molar-refractivity contribution in [2.45, 2.75) is 18.9 Å². The molecule has 0 aliphatic carbocycles. The maximum absolute atomic E-state index is 13.5. The van der Waals surface area contributed by atoms with Crippen LogP contribution in [0.4, 0.5) is 11.6 Å². The van der Waals surface area contributed by atoms with E-state index in [1.54, 1.807) is 25.4 Å². The summed E-state index contributed by atoms with van der Waals surface area (Å²) in [5, 5.41) is 10.7. The molecule has 36 heavy (non-hydrogen) atoms. The fraction of sp³-hybridized carbons (Fsp3) is 0.500. The van der Waals surface area contributed by atoms with E-state index < -0.39 is 0 Å². The normalized spacial score (nSPS) is 18.9. The van der Waals surface area contributed by atoms with E-state index in [-0.39, 0.29) is 5.91 Å². The third-order valence-corrected chi connectivity index (χ3v) is 6.95. The number of carbonyl (C=O) groups excluding carboxylic acids is 1. The molecule has 2 aromatic heterocycles. The third-order valence-electron chi connectivity index (χ3n) is 6.95. The molecule has 12 nitrogen and oxygen atoms in total. The monoisotopic (exact) mass is 495 g/mol. The number of hydrogen-bond acceptors (Lipinski definition) is 10. The number of ether oxygens (including phenoxy) is 4. The van der Waals surface area contributed by atoms with Crippen molar-refractivity contribution in [3.63, 3.8) is 0 Å². The molecule has 0 radical (unpaired) electrons. The third kappa shape index (κ3) is 4.26. The standard InChI is InChI=1S/C24H29N7O5/c1-33-22-17-14-25-29-21(17)27-24(28-22)26-18-3-2-16(19-20(18)36-13-12-35-19)23(32)31-6-4-15(5-7-31)30-8-10-34-11-9-30/h2-3,14-15H,4-13H2,1H3,(H2,25,26,27,28,29). The molecule has 5 heterocycles. The van der Waals surface area contributed by atoms with Gasteiger partial charge in [0.1, 0.15) is 18.6 Å². The lowest BCUT2D eigenvalue weighted by molar-refractivity contribution is 0.00152. The first-order chi connectivity index (χ1) is 17.7. The number of nitrogens with zero attached hydrogens (tertiary/aromatic N) is 5. The van der Waals surface area contributed by atoms with Gasteiger partial charge in [-0.05, 0) is 25.0 Å². The highest BCUT2D eigenvalue weighted by molar-refractivity contribution is 5.99. The van der Waals surface area contributed by atoms with Crippen molar-refractivity contribution in [3.8, 4) is 17.4 Å². The van der Waals surface area contributed by atoms with Crippen molar-refractivity contribution in [2.75, 3.05) is 65.0 Å². The lowest BCUT2D eigenvalue weighted by Crippen LogP contribution is -2.50. The number of fused-ring (bicyclic) bond motifs is 2. The van der Waals surface area contributed by atoms with Crippen LogP contribution in [0.5, 0.6) is 17.4 Å². The lowest BCUT2D eigenvalue weighted by Gasteiger charge is -2.40. The fourth-order valence-corrected chi connectivity index (χ4v) is 5.09. The summed E-state index contributed by atoms with van der Waals surface area (Å²) in [4.78, 5) is 26.8. The Balaban J connectivity index is 1.22. The first-order valence-electron chi connectivity index (χ1n) is 12.3. The molecular formula is C24H29N7O5. The average molecular weight is 496 g/mol. The molecule has 2 N–H and O–H groups in total. The minimum absolute atomic E-state index is 0.0412. The Morgan fingerprint density at radius 2 is 1.83 bits per heavy atom. The van der Waals surface area contributed by atoms with Gasteiger partial charge in [-0.1, -0.05) is 0 Å². The number of hydrogen-bond donors (Lipinski definition) is 2. The number of aromatic nitrogens is 4. The van der Waals surface area contributed by atoms with Gasteiger partial charge in [-0.25, -0.2) is 0 Å². The van der Waals surface area contributed by atoms with Crippen LogP contribution in [0.15, 0.2) is 18.3 Å². The second kappa shape index (κ2) is 9.78. The summed E-state index contributed by atoms with van der Waals surface area (Å²) < 4.78 is 22.7. The van der Waals surface area contributed by atoms with Crippen molar-refractivity contribution in [1.82, 2.24) is 30.0 Å². The molecule has 1 aromatic carbocycles. The van der Waals surface area contributed by atoms with Gasteiger partial charge in [-0.2, -0.15) is 15.1 Å². The van der Waals surface area contributed by atoms with Crippen LogP contribution in [0.25, 0.3) is 11.0 Å². The van der Waals surface area contributed by atoms with Crippen LogP contribution in [-0.4, -0.2) is 102 Å². The highest BCUT2D eigenvalue weighted by Crippen LogP contribution is 2.42. The zero-order valence-electron chi connectivity index (χ0n) is 20.2. The van der Waals surface area contributed by atoms with Gasteiger partial charge in [0.15, 0.2) is 17.1 Å². The molecular weight excluding hydrogens is 466 g/mol. The van der Waals surface area contributed by atoms with Crippen molar-refractivity contribution in [3.05, 3.63) is 23.9 Å². The molecule has 0 atom stereocenters. The minimum Gasteiger partial charge on any atom is -0.485 e. The first kappa shape index (κ1) is 22.8. The highest BCUT2D eigenvalue weighted by Gasteiger charge is 2.31. The van der Waals surface area contributed by atoms with E-state index in [2.05, 4.69) is 30.4 Å². The molecule has 3 aliphatic rings. The number of amides is 1. The van der Waals surface area contributed by atoms with E-state index in [1.165, 1.54) is 0 Å². The summed E-state index contributed by atoms with van der Waals surface area (Å²) in [6.07, 6.45) is 3.53. The van der Waals surface area contributed by atoms with Crippen LogP contribution in [0.2, 0.25) is 0 Å². The van der Waals surface area contributed by atoms with Gasteiger partial charge in [0.2, 0.25) is 11.8 Å². The predicted octanol–water partition coefficient (Wildman–Crippen LogP) is 1.81. The van der Waals surface area contributed by atoms with E-state index in [0.29, 0.717) is 78.0 Å². The fourth-order valence-electron chi connectivity index (χ4n) is 5.09. The maximum Gasteiger partial charge on any atom is 0.257 e. The van der Waals surface area contributed by atoms with Gasteiger partial charge in [-0.3, -0.25) is 14.8 Å². The molecule has 2 fully saturated rings.